The monoisotopic (exact) mass is 499 g/mol. The van der Waals surface area contributed by atoms with E-state index in [0.717, 1.165) is 11.1 Å². The number of nitrogens with zero attached hydrogens (tertiary/aromatic N) is 3. The van der Waals surface area contributed by atoms with Gasteiger partial charge in [-0.15, -0.1) is 10.2 Å². The Morgan fingerprint density at radius 3 is 2.50 bits per heavy atom. The largest absolute Gasteiger partial charge is 0.342 e. The number of carbonyl (C=O) groups is 2. The lowest BCUT2D eigenvalue weighted by atomic mass is 10.0. The van der Waals surface area contributed by atoms with Gasteiger partial charge in [-0.1, -0.05) is 61.5 Å². The SMILES string of the molecule is CCn1c(SCC(=O)Nc2cccc(Cl)c2C)nnc1C(NC(=O)c1ccccc1C)C(C)C. The average molecular weight is 500 g/mol. The van der Waals surface area contributed by atoms with Crippen molar-refractivity contribution in [1.82, 2.24) is 20.1 Å². The molecule has 9 heteroatoms. The second-order valence-corrected chi connectivity index (χ2v) is 9.69. The summed E-state index contributed by atoms with van der Waals surface area (Å²) >= 11 is 7.45. The van der Waals surface area contributed by atoms with Crippen molar-refractivity contribution < 1.29 is 9.59 Å². The molecule has 0 saturated heterocycles. The lowest BCUT2D eigenvalue weighted by Gasteiger charge is -2.23. The Kier molecular flexibility index (Phi) is 8.74. The molecule has 7 nitrogen and oxygen atoms in total. The van der Waals surface area contributed by atoms with Gasteiger partial charge in [0.25, 0.3) is 5.91 Å². The van der Waals surface area contributed by atoms with Crippen LogP contribution in [0.2, 0.25) is 5.02 Å². The number of hydrogen-bond donors (Lipinski definition) is 2. The Morgan fingerprint density at radius 2 is 1.82 bits per heavy atom. The maximum Gasteiger partial charge on any atom is 0.252 e. The van der Waals surface area contributed by atoms with Crippen LogP contribution in [0.3, 0.4) is 0 Å². The van der Waals surface area contributed by atoms with Crippen LogP contribution in [0.15, 0.2) is 47.6 Å². The third-order valence-electron chi connectivity index (χ3n) is 5.56. The molecule has 2 aromatic carbocycles. The van der Waals surface area contributed by atoms with E-state index in [2.05, 4.69) is 20.8 Å². The number of anilines is 1. The maximum absolute atomic E-state index is 13.0. The van der Waals surface area contributed by atoms with E-state index in [1.165, 1.54) is 11.8 Å². The number of amides is 2. The summed E-state index contributed by atoms with van der Waals surface area (Å²) in [5, 5.41) is 16.0. The summed E-state index contributed by atoms with van der Waals surface area (Å²) in [6.45, 7) is 10.5. The number of aromatic nitrogens is 3. The maximum atomic E-state index is 13.0. The van der Waals surface area contributed by atoms with Crippen molar-refractivity contribution in [2.75, 3.05) is 11.1 Å². The highest BCUT2D eigenvalue weighted by molar-refractivity contribution is 7.99. The summed E-state index contributed by atoms with van der Waals surface area (Å²) in [5.74, 6) is 0.637. The van der Waals surface area contributed by atoms with Crippen molar-refractivity contribution in [2.45, 2.75) is 52.4 Å². The third-order valence-corrected chi connectivity index (χ3v) is 6.93. The molecule has 0 aliphatic rings. The molecular weight excluding hydrogens is 470 g/mol. The second-order valence-electron chi connectivity index (χ2n) is 8.34. The average Bonchev–Trinajstić information content (AvgIpc) is 3.21. The van der Waals surface area contributed by atoms with Gasteiger partial charge in [0.15, 0.2) is 11.0 Å². The molecule has 1 unspecified atom stereocenters. The highest BCUT2D eigenvalue weighted by Gasteiger charge is 2.26. The van der Waals surface area contributed by atoms with Crippen molar-refractivity contribution in [2.24, 2.45) is 5.92 Å². The van der Waals surface area contributed by atoms with Gasteiger partial charge in [-0.3, -0.25) is 9.59 Å². The van der Waals surface area contributed by atoms with Crippen molar-refractivity contribution in [3.05, 3.63) is 70.0 Å². The molecule has 0 fully saturated rings. The molecule has 2 amide bonds. The van der Waals surface area contributed by atoms with E-state index in [1.54, 1.807) is 12.1 Å². The number of hydrogen-bond acceptors (Lipinski definition) is 5. The van der Waals surface area contributed by atoms with Crippen LogP contribution in [0.4, 0.5) is 5.69 Å². The van der Waals surface area contributed by atoms with Crippen LogP contribution >= 0.6 is 23.4 Å². The van der Waals surface area contributed by atoms with Gasteiger partial charge in [0.1, 0.15) is 0 Å². The van der Waals surface area contributed by atoms with E-state index in [-0.39, 0.29) is 29.5 Å². The minimum absolute atomic E-state index is 0.0921. The number of rotatable bonds is 9. The Morgan fingerprint density at radius 1 is 1.09 bits per heavy atom. The first-order valence-electron chi connectivity index (χ1n) is 11.2. The first-order valence-corrected chi connectivity index (χ1v) is 12.6. The molecule has 0 spiro atoms. The van der Waals surface area contributed by atoms with Gasteiger partial charge in [-0.2, -0.15) is 0 Å². The molecule has 34 heavy (non-hydrogen) atoms. The number of benzene rings is 2. The van der Waals surface area contributed by atoms with E-state index in [1.807, 2.05) is 69.5 Å². The highest BCUT2D eigenvalue weighted by Crippen LogP contribution is 2.27. The van der Waals surface area contributed by atoms with E-state index < -0.39 is 0 Å². The molecule has 3 rings (SSSR count). The summed E-state index contributed by atoms with van der Waals surface area (Å²) in [7, 11) is 0. The summed E-state index contributed by atoms with van der Waals surface area (Å²) in [6, 6.07) is 12.6. The molecule has 3 aromatic rings. The fourth-order valence-electron chi connectivity index (χ4n) is 3.57. The fraction of sp³-hybridized carbons (Fsp3) is 0.360. The van der Waals surface area contributed by atoms with Crippen LogP contribution in [0.1, 0.15) is 54.1 Å². The minimum atomic E-state index is -0.322. The summed E-state index contributed by atoms with van der Waals surface area (Å²) in [6.07, 6.45) is 0. The summed E-state index contributed by atoms with van der Waals surface area (Å²) in [4.78, 5) is 25.5. The lowest BCUT2D eigenvalue weighted by Crippen LogP contribution is -2.34. The molecule has 0 aliphatic heterocycles. The predicted molar refractivity (Wildman–Crippen MR) is 137 cm³/mol. The van der Waals surface area contributed by atoms with Gasteiger partial charge >= 0.3 is 0 Å². The van der Waals surface area contributed by atoms with Crippen LogP contribution in [0.5, 0.6) is 0 Å². The number of thioether (sulfide) groups is 1. The highest BCUT2D eigenvalue weighted by atomic mass is 35.5. The molecule has 0 aliphatic carbocycles. The van der Waals surface area contributed by atoms with Gasteiger partial charge in [-0.05, 0) is 56.0 Å². The topological polar surface area (TPSA) is 88.9 Å². The normalized spacial score (nSPS) is 12.0. The predicted octanol–water partition coefficient (Wildman–Crippen LogP) is 5.43. The second kappa shape index (κ2) is 11.5. The van der Waals surface area contributed by atoms with Crippen molar-refractivity contribution in [3.63, 3.8) is 0 Å². The Labute approximate surface area is 209 Å². The Balaban J connectivity index is 1.73. The zero-order valence-electron chi connectivity index (χ0n) is 20.1. The first kappa shape index (κ1) is 25.8. The lowest BCUT2D eigenvalue weighted by molar-refractivity contribution is -0.113. The first-order chi connectivity index (χ1) is 16.2. The van der Waals surface area contributed by atoms with Crippen LogP contribution < -0.4 is 10.6 Å². The van der Waals surface area contributed by atoms with E-state index in [4.69, 9.17) is 11.6 Å². The number of aryl methyl sites for hydroxylation is 1. The van der Waals surface area contributed by atoms with Gasteiger partial charge < -0.3 is 15.2 Å². The molecule has 2 N–H and O–H groups in total. The van der Waals surface area contributed by atoms with Crippen molar-refractivity contribution in [1.29, 1.82) is 0 Å². The fourth-order valence-corrected chi connectivity index (χ4v) is 4.55. The Hall–Kier alpha value is -2.84. The molecule has 1 heterocycles. The van der Waals surface area contributed by atoms with Crippen molar-refractivity contribution >= 4 is 40.9 Å². The van der Waals surface area contributed by atoms with Gasteiger partial charge in [0.2, 0.25) is 5.91 Å². The Bertz CT molecular complexity index is 1180. The quantitative estimate of drug-likeness (QED) is 0.383. The molecule has 0 radical (unpaired) electrons. The van der Waals surface area contributed by atoms with Gasteiger partial charge in [-0.25, -0.2) is 0 Å². The smallest absolute Gasteiger partial charge is 0.252 e. The zero-order valence-corrected chi connectivity index (χ0v) is 21.6. The summed E-state index contributed by atoms with van der Waals surface area (Å²) < 4.78 is 1.95. The van der Waals surface area contributed by atoms with Gasteiger partial charge in [0, 0.05) is 22.8 Å². The molecular formula is C25H30ClN5O2S. The number of halogens is 1. The van der Waals surface area contributed by atoms with E-state index >= 15 is 0 Å². The van der Waals surface area contributed by atoms with Crippen LogP contribution in [-0.4, -0.2) is 32.3 Å². The molecule has 0 bridgehead atoms. The van der Waals surface area contributed by atoms with Crippen LogP contribution in [0, 0.1) is 19.8 Å². The standard InChI is InChI=1S/C25H30ClN5O2S/c1-6-31-23(22(15(2)3)28-24(33)18-11-8-7-10-16(18)4)29-30-25(31)34-14-21(32)27-20-13-9-12-19(26)17(20)5/h7-13,15,22H,6,14H2,1-5H3,(H,27,32)(H,28,33). The summed E-state index contributed by atoms with van der Waals surface area (Å²) in [5.41, 5.74) is 3.06. The van der Waals surface area contributed by atoms with E-state index in [9.17, 15) is 9.59 Å². The molecule has 1 atom stereocenters. The third kappa shape index (κ3) is 5.98. The minimum Gasteiger partial charge on any atom is -0.342 e. The molecule has 180 valence electrons. The van der Waals surface area contributed by atoms with Crippen molar-refractivity contribution in [3.8, 4) is 0 Å². The van der Waals surface area contributed by atoms with Crippen LogP contribution in [-0.2, 0) is 11.3 Å². The van der Waals surface area contributed by atoms with E-state index in [0.29, 0.717) is 33.8 Å². The van der Waals surface area contributed by atoms with Crippen LogP contribution in [0.25, 0.3) is 0 Å². The molecule has 1 aromatic heterocycles. The van der Waals surface area contributed by atoms with Gasteiger partial charge in [0.05, 0.1) is 11.8 Å². The number of carbonyl (C=O) groups excluding carboxylic acids is 2. The number of nitrogens with one attached hydrogen (secondary N) is 2. The zero-order chi connectivity index (χ0) is 24.8. The molecule has 0 saturated carbocycles.